The van der Waals surface area contributed by atoms with Crippen LogP contribution in [0.4, 0.5) is 0 Å². The molecule has 26 heavy (non-hydrogen) atoms. The summed E-state index contributed by atoms with van der Waals surface area (Å²) >= 11 is 0. The van der Waals surface area contributed by atoms with E-state index >= 15 is 0 Å². The largest absolute Gasteiger partial charge is 0.321 e. The first-order chi connectivity index (χ1) is 12.8. The van der Waals surface area contributed by atoms with Crippen LogP contribution in [-0.2, 0) is 26.6 Å². The fourth-order valence-electron chi connectivity index (χ4n) is 3.76. The maximum absolute atomic E-state index is 4.30. The van der Waals surface area contributed by atoms with Crippen molar-refractivity contribution in [1.29, 1.82) is 0 Å². The first-order valence-corrected chi connectivity index (χ1v) is 9.37. The van der Waals surface area contributed by atoms with Crippen molar-refractivity contribution in [1.82, 2.24) is 29.4 Å². The van der Waals surface area contributed by atoms with E-state index in [0.717, 1.165) is 44.3 Å². The summed E-state index contributed by atoms with van der Waals surface area (Å²) in [5, 5.41) is 12.5. The molecule has 0 unspecified atom stereocenters. The number of nitrogens with zero attached hydrogens (tertiary/aromatic N) is 6. The number of hydrogen-bond donors (Lipinski definition) is 0. The molecule has 0 saturated carbocycles. The van der Waals surface area contributed by atoms with E-state index in [4.69, 9.17) is 0 Å². The van der Waals surface area contributed by atoms with E-state index in [-0.39, 0.29) is 0 Å². The van der Waals surface area contributed by atoms with E-state index in [1.807, 2.05) is 34.8 Å². The lowest BCUT2D eigenvalue weighted by Gasteiger charge is -2.31. The molecule has 6 heteroatoms. The summed E-state index contributed by atoms with van der Waals surface area (Å²) in [5.41, 5.74) is 2.70. The van der Waals surface area contributed by atoms with Crippen LogP contribution in [0.2, 0.25) is 0 Å². The third-order valence-corrected chi connectivity index (χ3v) is 5.28. The summed E-state index contributed by atoms with van der Waals surface area (Å²) in [6, 6.07) is 10.9. The summed E-state index contributed by atoms with van der Waals surface area (Å²) in [6.45, 7) is 4.18. The Hall–Kier alpha value is -2.47. The van der Waals surface area contributed by atoms with Gasteiger partial charge in [0.15, 0.2) is 0 Å². The second-order valence-electron chi connectivity index (χ2n) is 7.31. The first-order valence-electron chi connectivity index (χ1n) is 9.37. The van der Waals surface area contributed by atoms with Crippen molar-refractivity contribution >= 4 is 0 Å². The SMILES string of the molecule is Cn1cnnc1CC1CCN(Cc2cccc(Cn3cccn3)c2)CC1. The van der Waals surface area contributed by atoms with Gasteiger partial charge in [-0.2, -0.15) is 5.10 Å². The van der Waals surface area contributed by atoms with Crippen LogP contribution in [0.25, 0.3) is 0 Å². The maximum Gasteiger partial charge on any atom is 0.132 e. The van der Waals surface area contributed by atoms with Gasteiger partial charge in [-0.3, -0.25) is 9.58 Å². The monoisotopic (exact) mass is 350 g/mol. The number of hydrogen-bond acceptors (Lipinski definition) is 4. The number of benzene rings is 1. The number of rotatable bonds is 6. The lowest BCUT2D eigenvalue weighted by molar-refractivity contribution is 0.175. The van der Waals surface area contributed by atoms with Crippen LogP contribution in [0.1, 0.15) is 29.8 Å². The molecular formula is C20H26N6. The zero-order chi connectivity index (χ0) is 17.8. The highest BCUT2D eigenvalue weighted by atomic mass is 15.3. The van der Waals surface area contributed by atoms with Crippen LogP contribution in [0.3, 0.4) is 0 Å². The first kappa shape index (κ1) is 17.0. The van der Waals surface area contributed by atoms with Crippen molar-refractivity contribution in [3.05, 3.63) is 66.0 Å². The molecule has 1 aliphatic rings. The van der Waals surface area contributed by atoms with E-state index in [9.17, 15) is 0 Å². The van der Waals surface area contributed by atoms with E-state index in [2.05, 4.69) is 44.5 Å². The Morgan fingerprint density at radius 1 is 1.08 bits per heavy atom. The summed E-state index contributed by atoms with van der Waals surface area (Å²) in [5.74, 6) is 1.83. The molecule has 0 bridgehead atoms. The molecule has 1 aromatic carbocycles. The van der Waals surface area contributed by atoms with E-state index in [1.54, 1.807) is 6.33 Å². The number of likely N-dealkylation sites (tertiary alicyclic amines) is 1. The Balaban J connectivity index is 1.29. The Labute approximate surface area is 154 Å². The Kier molecular flexibility index (Phi) is 5.11. The normalized spacial score (nSPS) is 16.2. The molecule has 0 aliphatic carbocycles. The fourth-order valence-corrected chi connectivity index (χ4v) is 3.76. The summed E-state index contributed by atoms with van der Waals surface area (Å²) in [6.07, 6.45) is 9.15. The van der Waals surface area contributed by atoms with Gasteiger partial charge in [-0.15, -0.1) is 10.2 Å². The Morgan fingerprint density at radius 3 is 2.58 bits per heavy atom. The summed E-state index contributed by atoms with van der Waals surface area (Å²) in [4.78, 5) is 2.57. The van der Waals surface area contributed by atoms with Crippen molar-refractivity contribution in [3.63, 3.8) is 0 Å². The van der Waals surface area contributed by atoms with Gasteiger partial charge >= 0.3 is 0 Å². The van der Waals surface area contributed by atoms with Crippen molar-refractivity contribution in [3.8, 4) is 0 Å². The topological polar surface area (TPSA) is 51.8 Å². The maximum atomic E-state index is 4.30. The van der Waals surface area contributed by atoms with Crippen molar-refractivity contribution in [2.75, 3.05) is 13.1 Å². The van der Waals surface area contributed by atoms with Gasteiger partial charge in [-0.25, -0.2) is 0 Å². The average molecular weight is 350 g/mol. The second kappa shape index (κ2) is 7.83. The zero-order valence-electron chi connectivity index (χ0n) is 15.3. The lowest BCUT2D eigenvalue weighted by Crippen LogP contribution is -2.34. The third kappa shape index (κ3) is 4.19. The van der Waals surface area contributed by atoms with Gasteiger partial charge in [-0.1, -0.05) is 24.3 Å². The van der Waals surface area contributed by atoms with Gasteiger partial charge in [-0.05, 0) is 49.0 Å². The molecule has 0 N–H and O–H groups in total. The molecule has 1 saturated heterocycles. The predicted octanol–water partition coefficient (Wildman–Crippen LogP) is 2.51. The van der Waals surface area contributed by atoms with Crippen molar-refractivity contribution < 1.29 is 0 Å². The molecule has 0 amide bonds. The molecule has 3 heterocycles. The fraction of sp³-hybridized carbons (Fsp3) is 0.450. The van der Waals surface area contributed by atoms with Crippen LogP contribution in [0, 0.1) is 5.92 Å². The molecule has 0 spiro atoms. The molecule has 4 rings (SSSR count). The van der Waals surface area contributed by atoms with Gasteiger partial charge in [0.2, 0.25) is 0 Å². The molecule has 1 aliphatic heterocycles. The molecule has 136 valence electrons. The van der Waals surface area contributed by atoms with E-state index in [1.165, 1.54) is 24.0 Å². The highest BCUT2D eigenvalue weighted by molar-refractivity contribution is 5.23. The quantitative estimate of drug-likeness (QED) is 0.685. The lowest BCUT2D eigenvalue weighted by atomic mass is 9.93. The van der Waals surface area contributed by atoms with Crippen LogP contribution < -0.4 is 0 Å². The zero-order valence-corrected chi connectivity index (χ0v) is 15.3. The molecular weight excluding hydrogens is 324 g/mol. The van der Waals surface area contributed by atoms with Gasteiger partial charge in [0.1, 0.15) is 12.2 Å². The Bertz CT molecular complexity index is 814. The number of aromatic nitrogens is 5. The van der Waals surface area contributed by atoms with E-state index < -0.39 is 0 Å². The molecule has 6 nitrogen and oxygen atoms in total. The van der Waals surface area contributed by atoms with Crippen LogP contribution in [0.5, 0.6) is 0 Å². The number of aryl methyl sites for hydroxylation is 1. The molecule has 2 aromatic heterocycles. The molecule has 3 aromatic rings. The average Bonchev–Trinajstić information content (AvgIpc) is 3.29. The van der Waals surface area contributed by atoms with Crippen LogP contribution >= 0.6 is 0 Å². The summed E-state index contributed by atoms with van der Waals surface area (Å²) < 4.78 is 4.01. The number of piperidine rings is 1. The van der Waals surface area contributed by atoms with Gasteiger partial charge < -0.3 is 4.57 Å². The highest BCUT2D eigenvalue weighted by Crippen LogP contribution is 2.22. The second-order valence-corrected chi connectivity index (χ2v) is 7.31. The minimum absolute atomic E-state index is 0.722. The van der Waals surface area contributed by atoms with Crippen LogP contribution in [-0.4, -0.2) is 42.5 Å². The standard InChI is InChI=1S/C20H26N6/c1-24-16-21-23-20(24)13-17-6-10-25(11-7-17)14-18-4-2-5-19(12-18)15-26-9-3-8-22-26/h2-5,8-9,12,16-17H,6-7,10-11,13-15H2,1H3. The molecule has 0 radical (unpaired) electrons. The van der Waals surface area contributed by atoms with Gasteiger partial charge in [0.05, 0.1) is 6.54 Å². The van der Waals surface area contributed by atoms with Crippen LogP contribution in [0.15, 0.2) is 49.1 Å². The van der Waals surface area contributed by atoms with Gasteiger partial charge in [0.25, 0.3) is 0 Å². The smallest absolute Gasteiger partial charge is 0.132 e. The van der Waals surface area contributed by atoms with Crippen molar-refractivity contribution in [2.24, 2.45) is 13.0 Å². The highest BCUT2D eigenvalue weighted by Gasteiger charge is 2.21. The van der Waals surface area contributed by atoms with E-state index in [0.29, 0.717) is 0 Å². The molecule has 0 atom stereocenters. The Morgan fingerprint density at radius 2 is 1.88 bits per heavy atom. The van der Waals surface area contributed by atoms with Gasteiger partial charge in [0, 0.05) is 32.4 Å². The van der Waals surface area contributed by atoms with Crippen molar-refractivity contribution in [2.45, 2.75) is 32.4 Å². The third-order valence-electron chi connectivity index (χ3n) is 5.28. The minimum Gasteiger partial charge on any atom is -0.321 e. The predicted molar refractivity (Wildman–Crippen MR) is 100 cm³/mol. The molecule has 1 fully saturated rings. The minimum atomic E-state index is 0.722. The summed E-state index contributed by atoms with van der Waals surface area (Å²) in [7, 11) is 2.03.